The molecule has 1 heterocycles. The van der Waals surface area contributed by atoms with Gasteiger partial charge in [0.25, 0.3) is 0 Å². The molecule has 1 saturated carbocycles. The Labute approximate surface area is 103 Å². The van der Waals surface area contributed by atoms with E-state index in [4.69, 9.17) is 11.6 Å². The van der Waals surface area contributed by atoms with Crippen LogP contribution in [0.3, 0.4) is 0 Å². The minimum Gasteiger partial charge on any atom is -0.331 e. The quantitative estimate of drug-likeness (QED) is 0.599. The highest BCUT2D eigenvalue weighted by molar-refractivity contribution is 7.12. The van der Waals surface area contributed by atoms with Crippen molar-refractivity contribution in [1.29, 1.82) is 0 Å². The Balaban J connectivity index is 2.00. The molecule has 0 radical (unpaired) electrons. The highest BCUT2D eigenvalue weighted by Gasteiger charge is 2.33. The summed E-state index contributed by atoms with van der Waals surface area (Å²) in [6, 6.07) is 3.85. The molecule has 1 aliphatic rings. The molecule has 1 aromatic heterocycles. The number of Topliss-reactive ketones (excluding diaryl/α,β-unsaturated/α-hetero) is 1. The van der Waals surface area contributed by atoms with Gasteiger partial charge < -0.3 is 4.90 Å². The maximum atomic E-state index is 11.8. The minimum atomic E-state index is -0.144. The highest BCUT2D eigenvalue weighted by atomic mass is 35.5. The molecule has 0 aromatic carbocycles. The van der Waals surface area contributed by atoms with E-state index in [9.17, 15) is 9.59 Å². The zero-order valence-electron chi connectivity index (χ0n) is 8.69. The molecule has 1 aliphatic carbocycles. The fourth-order valence-corrected chi connectivity index (χ4v) is 2.36. The van der Waals surface area contributed by atoms with Crippen molar-refractivity contribution in [1.82, 2.24) is 4.90 Å². The topological polar surface area (TPSA) is 37.4 Å². The van der Waals surface area contributed by atoms with Crippen LogP contribution in [0.25, 0.3) is 0 Å². The monoisotopic (exact) mass is 257 g/mol. The number of ketones is 1. The van der Waals surface area contributed by atoms with Crippen LogP contribution in [0.4, 0.5) is 0 Å². The molecule has 0 spiro atoms. The SMILES string of the molecule is O=C(CN(C(=O)CCl)C1CC1)c1cccs1. The van der Waals surface area contributed by atoms with E-state index in [1.54, 1.807) is 11.0 Å². The fraction of sp³-hybridized carbons (Fsp3) is 0.455. The van der Waals surface area contributed by atoms with Crippen molar-refractivity contribution in [3.05, 3.63) is 22.4 Å². The molecule has 0 unspecified atom stereocenters. The number of hydrogen-bond donors (Lipinski definition) is 0. The summed E-state index contributed by atoms with van der Waals surface area (Å²) < 4.78 is 0. The Kier molecular flexibility index (Phi) is 3.61. The van der Waals surface area contributed by atoms with Crippen LogP contribution in [0.15, 0.2) is 17.5 Å². The lowest BCUT2D eigenvalue weighted by Crippen LogP contribution is -2.38. The third-order valence-electron chi connectivity index (χ3n) is 2.53. The predicted octanol–water partition coefficient (Wildman–Crippen LogP) is 2.16. The summed E-state index contributed by atoms with van der Waals surface area (Å²) in [4.78, 5) is 25.7. The van der Waals surface area contributed by atoms with Crippen LogP contribution in [0.2, 0.25) is 0 Å². The summed E-state index contributed by atoms with van der Waals surface area (Å²) in [6.45, 7) is 0.163. The van der Waals surface area contributed by atoms with Gasteiger partial charge in [-0.15, -0.1) is 22.9 Å². The van der Waals surface area contributed by atoms with Gasteiger partial charge in [0.2, 0.25) is 5.91 Å². The fourth-order valence-electron chi connectivity index (χ4n) is 1.55. The Morgan fingerprint density at radius 2 is 2.25 bits per heavy atom. The van der Waals surface area contributed by atoms with E-state index < -0.39 is 0 Å². The summed E-state index contributed by atoms with van der Waals surface area (Å²) in [5.74, 6) is -0.191. The molecule has 1 aromatic rings. The van der Waals surface area contributed by atoms with Crippen molar-refractivity contribution < 1.29 is 9.59 Å². The van der Waals surface area contributed by atoms with Crippen LogP contribution in [-0.2, 0) is 4.79 Å². The van der Waals surface area contributed by atoms with Crippen molar-refractivity contribution in [3.8, 4) is 0 Å². The van der Waals surface area contributed by atoms with Gasteiger partial charge in [0.1, 0.15) is 5.88 Å². The third-order valence-corrected chi connectivity index (χ3v) is 3.67. The van der Waals surface area contributed by atoms with Crippen LogP contribution >= 0.6 is 22.9 Å². The van der Waals surface area contributed by atoms with Crippen LogP contribution in [0, 0.1) is 0 Å². The number of halogens is 1. The van der Waals surface area contributed by atoms with E-state index >= 15 is 0 Å². The standard InChI is InChI=1S/C11H12ClNO2S/c12-6-11(15)13(8-3-4-8)7-9(14)10-2-1-5-16-10/h1-2,5,8H,3-4,6-7H2. The first-order valence-electron chi connectivity index (χ1n) is 5.14. The van der Waals surface area contributed by atoms with Gasteiger partial charge in [-0.3, -0.25) is 9.59 Å². The third kappa shape index (κ3) is 2.62. The van der Waals surface area contributed by atoms with Gasteiger partial charge in [0.05, 0.1) is 11.4 Å². The number of amides is 1. The first-order chi connectivity index (χ1) is 7.72. The summed E-state index contributed by atoms with van der Waals surface area (Å²) >= 11 is 6.93. The maximum absolute atomic E-state index is 11.8. The number of nitrogens with zero attached hydrogens (tertiary/aromatic N) is 1. The van der Waals surface area contributed by atoms with Gasteiger partial charge in [0, 0.05) is 6.04 Å². The molecule has 86 valence electrons. The number of carbonyl (C=O) groups is 2. The summed E-state index contributed by atoms with van der Waals surface area (Å²) in [5, 5.41) is 1.86. The summed E-state index contributed by atoms with van der Waals surface area (Å²) in [6.07, 6.45) is 1.97. The molecule has 0 saturated heterocycles. The number of thiophene rings is 1. The molecule has 3 nitrogen and oxygen atoms in total. The van der Waals surface area contributed by atoms with Gasteiger partial charge in [0.15, 0.2) is 5.78 Å². The lowest BCUT2D eigenvalue weighted by Gasteiger charge is -2.19. The molecule has 1 amide bonds. The Morgan fingerprint density at radius 3 is 2.75 bits per heavy atom. The highest BCUT2D eigenvalue weighted by Crippen LogP contribution is 2.27. The van der Waals surface area contributed by atoms with Crippen LogP contribution < -0.4 is 0 Å². The Hall–Kier alpha value is -0.870. The van der Waals surface area contributed by atoms with Crippen molar-refractivity contribution in [2.75, 3.05) is 12.4 Å². The number of alkyl halides is 1. The van der Waals surface area contributed by atoms with Gasteiger partial charge in [-0.2, -0.15) is 0 Å². The van der Waals surface area contributed by atoms with Crippen molar-refractivity contribution in [2.24, 2.45) is 0 Å². The Bertz CT molecular complexity index is 387. The largest absolute Gasteiger partial charge is 0.331 e. The average Bonchev–Trinajstić information content (AvgIpc) is 2.98. The number of carbonyl (C=O) groups excluding carboxylic acids is 2. The molecule has 0 atom stereocenters. The first-order valence-corrected chi connectivity index (χ1v) is 6.56. The lowest BCUT2D eigenvalue weighted by atomic mass is 10.3. The van der Waals surface area contributed by atoms with Crippen LogP contribution in [0.5, 0.6) is 0 Å². The van der Waals surface area contributed by atoms with Gasteiger partial charge >= 0.3 is 0 Å². The average molecular weight is 258 g/mol. The molecule has 2 rings (SSSR count). The van der Waals surface area contributed by atoms with E-state index in [1.807, 2.05) is 11.4 Å². The van der Waals surface area contributed by atoms with E-state index in [0.29, 0.717) is 4.88 Å². The van der Waals surface area contributed by atoms with Crippen LogP contribution in [-0.4, -0.2) is 35.1 Å². The van der Waals surface area contributed by atoms with Crippen molar-refractivity contribution in [2.45, 2.75) is 18.9 Å². The van der Waals surface area contributed by atoms with E-state index in [-0.39, 0.29) is 30.2 Å². The number of hydrogen-bond acceptors (Lipinski definition) is 3. The molecule has 0 N–H and O–H groups in total. The van der Waals surface area contributed by atoms with Gasteiger partial charge in [-0.25, -0.2) is 0 Å². The molecular formula is C11H12ClNO2S. The zero-order valence-corrected chi connectivity index (χ0v) is 10.3. The predicted molar refractivity (Wildman–Crippen MR) is 64.1 cm³/mol. The van der Waals surface area contributed by atoms with E-state index in [0.717, 1.165) is 12.8 Å². The first kappa shape index (κ1) is 11.6. The normalized spacial score (nSPS) is 14.8. The van der Waals surface area contributed by atoms with Crippen molar-refractivity contribution in [3.63, 3.8) is 0 Å². The molecule has 1 fully saturated rings. The second-order valence-electron chi connectivity index (χ2n) is 3.79. The molecular weight excluding hydrogens is 246 g/mol. The lowest BCUT2D eigenvalue weighted by molar-refractivity contribution is -0.128. The second kappa shape index (κ2) is 4.97. The summed E-state index contributed by atoms with van der Waals surface area (Å²) in [7, 11) is 0. The van der Waals surface area contributed by atoms with E-state index in [2.05, 4.69) is 0 Å². The van der Waals surface area contributed by atoms with Crippen LogP contribution in [0.1, 0.15) is 22.5 Å². The van der Waals surface area contributed by atoms with Gasteiger partial charge in [-0.1, -0.05) is 6.07 Å². The number of rotatable bonds is 5. The van der Waals surface area contributed by atoms with E-state index in [1.165, 1.54) is 11.3 Å². The van der Waals surface area contributed by atoms with Crippen molar-refractivity contribution >= 4 is 34.6 Å². The molecule has 16 heavy (non-hydrogen) atoms. The molecule has 0 aliphatic heterocycles. The molecule has 5 heteroatoms. The maximum Gasteiger partial charge on any atom is 0.238 e. The van der Waals surface area contributed by atoms with Gasteiger partial charge in [-0.05, 0) is 24.3 Å². The second-order valence-corrected chi connectivity index (χ2v) is 5.00. The Morgan fingerprint density at radius 1 is 1.50 bits per heavy atom. The smallest absolute Gasteiger partial charge is 0.238 e. The zero-order chi connectivity index (χ0) is 11.5. The summed E-state index contributed by atoms with van der Waals surface area (Å²) in [5.41, 5.74) is 0. The minimum absolute atomic E-state index is 0.000340. The molecule has 0 bridgehead atoms.